The molecule has 0 spiro atoms. The van der Waals surface area contributed by atoms with Crippen LogP contribution < -0.4 is 0 Å². The van der Waals surface area contributed by atoms with Crippen LogP contribution in [-0.2, 0) is 0 Å². The third-order valence-corrected chi connectivity index (χ3v) is 5.29. The summed E-state index contributed by atoms with van der Waals surface area (Å²) < 4.78 is 1.92. The normalized spacial score (nSPS) is 12.1. The molecule has 6 nitrogen and oxygen atoms in total. The summed E-state index contributed by atoms with van der Waals surface area (Å²) in [6.07, 6.45) is 0. The van der Waals surface area contributed by atoms with Gasteiger partial charge in [0.2, 0.25) is 6.54 Å². The van der Waals surface area contributed by atoms with E-state index in [2.05, 4.69) is 10.2 Å². The van der Waals surface area contributed by atoms with Gasteiger partial charge < -0.3 is 0 Å². The molecule has 0 aliphatic heterocycles. The van der Waals surface area contributed by atoms with E-state index < -0.39 is 5.25 Å². The second-order valence-corrected chi connectivity index (χ2v) is 7.48. The van der Waals surface area contributed by atoms with Crippen molar-refractivity contribution in [2.75, 3.05) is 6.54 Å². The van der Waals surface area contributed by atoms with Crippen molar-refractivity contribution in [3.05, 3.63) is 80.6 Å². The highest BCUT2D eigenvalue weighted by Gasteiger charge is 2.23. The standard InChI is InChI=1S/C18H17ClN4O2S/c1-12-4-3-5-16(10-12)23-13(2)20-21-18(23)26-17(11-22(24)25)14-6-8-15(19)9-7-14/h3-10,17H,11H2,1-2H3/t17-/m1/s1. The van der Waals surface area contributed by atoms with E-state index in [1.165, 1.54) is 11.8 Å². The first-order valence-corrected chi connectivity index (χ1v) is 9.23. The van der Waals surface area contributed by atoms with E-state index in [1.54, 1.807) is 12.1 Å². The maximum absolute atomic E-state index is 11.2. The molecular weight excluding hydrogens is 372 g/mol. The fraction of sp³-hybridized carbons (Fsp3) is 0.222. The van der Waals surface area contributed by atoms with Gasteiger partial charge in [-0.1, -0.05) is 47.6 Å². The number of hydrogen-bond donors (Lipinski definition) is 0. The lowest BCUT2D eigenvalue weighted by Crippen LogP contribution is -2.11. The highest BCUT2D eigenvalue weighted by molar-refractivity contribution is 7.99. The lowest BCUT2D eigenvalue weighted by Gasteiger charge is -2.14. The van der Waals surface area contributed by atoms with Gasteiger partial charge in [0.05, 0.1) is 0 Å². The molecule has 134 valence electrons. The molecule has 0 saturated carbocycles. The molecule has 0 N–H and O–H groups in total. The monoisotopic (exact) mass is 388 g/mol. The van der Waals surface area contributed by atoms with Crippen LogP contribution in [0.15, 0.2) is 53.7 Å². The Labute approximate surface area is 160 Å². The van der Waals surface area contributed by atoms with Gasteiger partial charge in [-0.15, -0.1) is 10.2 Å². The summed E-state index contributed by atoms with van der Waals surface area (Å²) in [6, 6.07) is 15.1. The number of thioether (sulfide) groups is 1. The van der Waals surface area contributed by atoms with Crippen molar-refractivity contribution >= 4 is 23.4 Å². The Morgan fingerprint density at radius 3 is 2.58 bits per heavy atom. The highest BCUT2D eigenvalue weighted by atomic mass is 35.5. The van der Waals surface area contributed by atoms with Gasteiger partial charge in [-0.3, -0.25) is 14.7 Å². The zero-order valence-corrected chi connectivity index (χ0v) is 15.9. The Morgan fingerprint density at radius 2 is 1.92 bits per heavy atom. The van der Waals surface area contributed by atoms with Gasteiger partial charge in [0.1, 0.15) is 11.1 Å². The zero-order chi connectivity index (χ0) is 18.7. The number of aryl methyl sites for hydroxylation is 2. The van der Waals surface area contributed by atoms with Gasteiger partial charge in [0, 0.05) is 15.6 Å². The summed E-state index contributed by atoms with van der Waals surface area (Å²) >= 11 is 7.27. The Bertz CT molecular complexity index is 927. The smallest absolute Gasteiger partial charge is 0.220 e. The molecule has 2 aromatic carbocycles. The molecule has 3 rings (SSSR count). The minimum absolute atomic E-state index is 0.216. The van der Waals surface area contributed by atoms with Crippen molar-refractivity contribution < 1.29 is 4.92 Å². The third-order valence-electron chi connectivity index (χ3n) is 3.86. The van der Waals surface area contributed by atoms with E-state index in [0.29, 0.717) is 10.2 Å². The minimum atomic E-state index is -0.394. The summed E-state index contributed by atoms with van der Waals surface area (Å²) in [6.45, 7) is 3.66. The topological polar surface area (TPSA) is 73.8 Å². The number of benzene rings is 2. The van der Waals surface area contributed by atoms with Crippen molar-refractivity contribution in [3.63, 3.8) is 0 Å². The predicted octanol–water partition coefficient (Wildman–Crippen LogP) is 4.65. The van der Waals surface area contributed by atoms with Crippen LogP contribution >= 0.6 is 23.4 Å². The SMILES string of the molecule is Cc1cccc(-n2c(C)nnc2S[C@H](C[N+](=O)[O-])c2ccc(Cl)cc2)c1. The predicted molar refractivity (Wildman–Crippen MR) is 103 cm³/mol. The Kier molecular flexibility index (Phi) is 5.58. The molecule has 3 aromatic rings. The Morgan fingerprint density at radius 1 is 1.19 bits per heavy atom. The van der Waals surface area contributed by atoms with Crippen LogP contribution in [0, 0.1) is 24.0 Å². The number of hydrogen-bond acceptors (Lipinski definition) is 5. The summed E-state index contributed by atoms with van der Waals surface area (Å²) in [4.78, 5) is 10.9. The fourth-order valence-electron chi connectivity index (χ4n) is 2.63. The first-order valence-electron chi connectivity index (χ1n) is 7.97. The average Bonchev–Trinajstić information content (AvgIpc) is 2.95. The lowest BCUT2D eigenvalue weighted by molar-refractivity contribution is -0.479. The molecule has 0 amide bonds. The average molecular weight is 389 g/mol. The van der Waals surface area contributed by atoms with E-state index in [9.17, 15) is 10.1 Å². The largest absolute Gasteiger partial charge is 0.274 e. The van der Waals surface area contributed by atoms with Gasteiger partial charge in [-0.25, -0.2) is 0 Å². The van der Waals surface area contributed by atoms with Crippen LogP contribution in [0.25, 0.3) is 5.69 Å². The van der Waals surface area contributed by atoms with Gasteiger partial charge in [0.25, 0.3) is 0 Å². The van der Waals surface area contributed by atoms with E-state index in [-0.39, 0.29) is 11.5 Å². The zero-order valence-electron chi connectivity index (χ0n) is 14.3. The minimum Gasteiger partial charge on any atom is -0.274 e. The summed E-state index contributed by atoms with van der Waals surface area (Å²) in [5, 5.41) is 20.4. The van der Waals surface area contributed by atoms with Gasteiger partial charge in [0.15, 0.2) is 5.16 Å². The second-order valence-electron chi connectivity index (χ2n) is 5.88. The lowest BCUT2D eigenvalue weighted by atomic mass is 10.1. The number of nitrogens with zero attached hydrogens (tertiary/aromatic N) is 4. The molecule has 1 aromatic heterocycles. The van der Waals surface area contributed by atoms with Gasteiger partial charge >= 0.3 is 0 Å². The Balaban J connectivity index is 1.97. The molecular formula is C18H17ClN4O2S. The van der Waals surface area contributed by atoms with Crippen molar-refractivity contribution in [2.45, 2.75) is 24.3 Å². The van der Waals surface area contributed by atoms with E-state index >= 15 is 0 Å². The molecule has 1 heterocycles. The number of halogens is 1. The van der Waals surface area contributed by atoms with E-state index in [0.717, 1.165) is 22.6 Å². The van der Waals surface area contributed by atoms with Crippen LogP contribution in [0.5, 0.6) is 0 Å². The second kappa shape index (κ2) is 7.88. The molecule has 0 saturated heterocycles. The van der Waals surface area contributed by atoms with Crippen molar-refractivity contribution in [1.82, 2.24) is 14.8 Å². The van der Waals surface area contributed by atoms with Crippen LogP contribution in [0.4, 0.5) is 0 Å². The number of rotatable bonds is 6. The number of aromatic nitrogens is 3. The van der Waals surface area contributed by atoms with Crippen molar-refractivity contribution in [1.29, 1.82) is 0 Å². The molecule has 0 aliphatic rings. The fourth-order valence-corrected chi connectivity index (χ4v) is 3.94. The van der Waals surface area contributed by atoms with Gasteiger partial charge in [-0.05, 0) is 49.2 Å². The van der Waals surface area contributed by atoms with Gasteiger partial charge in [-0.2, -0.15) is 0 Å². The maximum Gasteiger partial charge on any atom is 0.220 e. The molecule has 26 heavy (non-hydrogen) atoms. The molecule has 0 aliphatic carbocycles. The number of nitro groups is 1. The quantitative estimate of drug-likeness (QED) is 0.349. The van der Waals surface area contributed by atoms with Crippen LogP contribution in [0.1, 0.15) is 22.2 Å². The summed E-state index contributed by atoms with van der Waals surface area (Å²) in [5.41, 5.74) is 2.88. The summed E-state index contributed by atoms with van der Waals surface area (Å²) in [7, 11) is 0. The van der Waals surface area contributed by atoms with Crippen LogP contribution in [-0.4, -0.2) is 26.2 Å². The molecule has 0 unspecified atom stereocenters. The van der Waals surface area contributed by atoms with Crippen LogP contribution in [0.2, 0.25) is 5.02 Å². The van der Waals surface area contributed by atoms with E-state index in [1.807, 2.05) is 54.8 Å². The first kappa shape index (κ1) is 18.4. The first-order chi connectivity index (χ1) is 12.4. The highest BCUT2D eigenvalue weighted by Crippen LogP contribution is 2.36. The molecule has 0 bridgehead atoms. The van der Waals surface area contributed by atoms with E-state index in [4.69, 9.17) is 11.6 Å². The molecule has 0 fully saturated rings. The molecule has 1 atom stereocenters. The van der Waals surface area contributed by atoms with Crippen molar-refractivity contribution in [2.24, 2.45) is 0 Å². The Hall–Kier alpha value is -2.38. The molecule has 0 radical (unpaired) electrons. The van der Waals surface area contributed by atoms with Crippen LogP contribution in [0.3, 0.4) is 0 Å². The maximum atomic E-state index is 11.2. The summed E-state index contributed by atoms with van der Waals surface area (Å²) in [5.74, 6) is 0.731. The molecule has 8 heteroatoms. The van der Waals surface area contributed by atoms with Crippen molar-refractivity contribution in [3.8, 4) is 5.69 Å². The third kappa shape index (κ3) is 4.23.